The van der Waals surface area contributed by atoms with Crippen LogP contribution >= 0.6 is 11.8 Å². The highest BCUT2D eigenvalue weighted by Gasteiger charge is 2.30. The molecule has 1 saturated heterocycles. The molecule has 1 N–H and O–H groups in total. The van der Waals surface area contributed by atoms with Gasteiger partial charge in [0.2, 0.25) is 0 Å². The summed E-state index contributed by atoms with van der Waals surface area (Å²) in [5.41, 5.74) is 3.04. The fraction of sp³-hybridized carbons (Fsp3) is 0.462. The van der Waals surface area contributed by atoms with Gasteiger partial charge >= 0.3 is 5.97 Å². The van der Waals surface area contributed by atoms with Crippen molar-refractivity contribution in [3.8, 4) is 5.69 Å². The Morgan fingerprint density at radius 1 is 1.06 bits per heavy atom. The number of hydrogen-bond acceptors (Lipinski definition) is 7. The number of benzene rings is 1. The summed E-state index contributed by atoms with van der Waals surface area (Å²) in [5, 5.41) is 9.35. The number of Topliss-reactive ketones (excluding diaryl/α,β-unsaturated/α-hetero) is 1. The molecule has 0 radical (unpaired) electrons. The number of thioether (sulfide) groups is 1. The fourth-order valence-electron chi connectivity index (χ4n) is 4.74. The van der Waals surface area contributed by atoms with E-state index in [0.717, 1.165) is 24.6 Å². The molecule has 186 valence electrons. The Bertz CT molecular complexity index is 1200. The normalized spacial score (nSPS) is 16.1. The van der Waals surface area contributed by atoms with Crippen molar-refractivity contribution < 1.29 is 14.3 Å². The lowest BCUT2D eigenvalue weighted by atomic mass is 10.1. The number of nitrogens with zero attached hydrogens (tertiary/aromatic N) is 4. The lowest BCUT2D eigenvalue weighted by molar-refractivity contribution is 0.0599. The lowest BCUT2D eigenvalue weighted by Crippen LogP contribution is -2.33. The number of aromatic nitrogens is 4. The number of carbonyl (C=O) groups excluding carboxylic acids is 2. The zero-order chi connectivity index (χ0) is 25.1. The number of ketones is 1. The van der Waals surface area contributed by atoms with Crippen molar-refractivity contribution in [2.75, 3.05) is 20.2 Å². The van der Waals surface area contributed by atoms with E-state index in [1.165, 1.54) is 38.1 Å². The molecular formula is C26H33N5O3S. The third-order valence-electron chi connectivity index (χ3n) is 6.71. The second kappa shape index (κ2) is 10.8. The van der Waals surface area contributed by atoms with Gasteiger partial charge in [-0.05, 0) is 71.3 Å². The number of aromatic amines is 1. The molecule has 3 aromatic rings. The van der Waals surface area contributed by atoms with E-state index >= 15 is 0 Å². The van der Waals surface area contributed by atoms with Gasteiger partial charge in [0.25, 0.3) is 0 Å². The Labute approximate surface area is 210 Å². The van der Waals surface area contributed by atoms with Crippen molar-refractivity contribution in [3.63, 3.8) is 0 Å². The number of piperidine rings is 1. The maximum absolute atomic E-state index is 13.4. The summed E-state index contributed by atoms with van der Waals surface area (Å²) in [6.07, 6.45) is 3.66. The molecule has 1 fully saturated rings. The predicted octanol–water partition coefficient (Wildman–Crippen LogP) is 4.91. The maximum Gasteiger partial charge on any atom is 0.339 e. The van der Waals surface area contributed by atoms with Crippen molar-refractivity contribution in [1.29, 1.82) is 0 Å². The molecule has 0 amide bonds. The van der Waals surface area contributed by atoms with Crippen LogP contribution in [0.4, 0.5) is 0 Å². The first-order valence-electron chi connectivity index (χ1n) is 12.1. The summed E-state index contributed by atoms with van der Waals surface area (Å²) in [6.45, 7) is 9.68. The molecule has 2 aromatic heterocycles. The van der Waals surface area contributed by atoms with E-state index in [1.807, 2.05) is 37.3 Å². The number of esters is 1. The van der Waals surface area contributed by atoms with Crippen molar-refractivity contribution in [3.05, 3.63) is 58.7 Å². The quantitative estimate of drug-likeness (QED) is 0.270. The Morgan fingerprint density at radius 3 is 2.40 bits per heavy atom. The number of likely N-dealkylation sites (tertiary alicyclic amines) is 1. The molecule has 4 rings (SSSR count). The van der Waals surface area contributed by atoms with Crippen LogP contribution in [0.1, 0.15) is 77.1 Å². The van der Waals surface area contributed by atoms with Gasteiger partial charge in [-0.15, -0.1) is 10.2 Å². The summed E-state index contributed by atoms with van der Waals surface area (Å²) < 4.78 is 6.96. The second-order valence-electron chi connectivity index (χ2n) is 9.03. The number of rotatable bonds is 8. The molecule has 0 bridgehead atoms. The first-order valence-corrected chi connectivity index (χ1v) is 12.9. The van der Waals surface area contributed by atoms with Crippen molar-refractivity contribution in [2.24, 2.45) is 0 Å². The van der Waals surface area contributed by atoms with E-state index in [-0.39, 0.29) is 11.8 Å². The van der Waals surface area contributed by atoms with Crippen LogP contribution < -0.4 is 0 Å². The van der Waals surface area contributed by atoms with E-state index < -0.39 is 11.2 Å². The van der Waals surface area contributed by atoms with Crippen molar-refractivity contribution in [2.45, 2.75) is 63.4 Å². The highest BCUT2D eigenvalue weighted by atomic mass is 32.2. The molecule has 0 saturated carbocycles. The molecule has 35 heavy (non-hydrogen) atoms. The van der Waals surface area contributed by atoms with Gasteiger partial charge in [0.15, 0.2) is 16.8 Å². The van der Waals surface area contributed by atoms with Gasteiger partial charge in [-0.3, -0.25) is 14.3 Å². The molecule has 0 unspecified atom stereocenters. The van der Waals surface area contributed by atoms with Gasteiger partial charge in [-0.2, -0.15) is 0 Å². The van der Waals surface area contributed by atoms with Crippen molar-refractivity contribution >= 4 is 23.5 Å². The maximum atomic E-state index is 13.4. The highest BCUT2D eigenvalue weighted by molar-refractivity contribution is 8.00. The monoisotopic (exact) mass is 495 g/mol. The first-order chi connectivity index (χ1) is 16.8. The number of H-pyrrole nitrogens is 1. The number of hydrogen-bond donors (Lipinski definition) is 1. The minimum atomic E-state index is -0.448. The van der Waals surface area contributed by atoms with E-state index in [1.54, 1.807) is 13.8 Å². The average Bonchev–Trinajstić information content (AvgIpc) is 3.43. The van der Waals surface area contributed by atoms with Crippen LogP contribution in [-0.4, -0.2) is 61.9 Å². The topological polar surface area (TPSA) is 93.1 Å². The van der Waals surface area contributed by atoms with Crippen LogP contribution in [0, 0.1) is 13.8 Å². The zero-order valence-corrected chi connectivity index (χ0v) is 21.8. The van der Waals surface area contributed by atoms with Gasteiger partial charge in [0.1, 0.15) is 0 Å². The van der Waals surface area contributed by atoms with E-state index in [0.29, 0.717) is 27.7 Å². The van der Waals surface area contributed by atoms with Crippen LogP contribution in [0.15, 0.2) is 35.5 Å². The molecular weight excluding hydrogens is 462 g/mol. The van der Waals surface area contributed by atoms with Gasteiger partial charge in [-0.1, -0.05) is 36.4 Å². The van der Waals surface area contributed by atoms with Gasteiger partial charge < -0.3 is 9.72 Å². The lowest BCUT2D eigenvalue weighted by Gasteiger charge is -2.31. The smallest absolute Gasteiger partial charge is 0.339 e. The average molecular weight is 496 g/mol. The van der Waals surface area contributed by atoms with Crippen LogP contribution in [0.2, 0.25) is 0 Å². The standard InChI is InChI=1S/C26H33N5O3S/c1-16-21(25(33)34-5)17(2)27-22(16)23(32)19(4)35-26-29-28-24(18(3)30-14-10-7-11-15-30)31(26)20-12-8-6-9-13-20/h6,8-9,12-13,18-19,27H,7,10-11,14-15H2,1-5H3/t18-,19+/m0/s1. The summed E-state index contributed by atoms with van der Waals surface area (Å²) in [7, 11) is 1.34. The van der Waals surface area contributed by atoms with Crippen molar-refractivity contribution in [1.82, 2.24) is 24.6 Å². The number of aryl methyl sites for hydroxylation is 1. The van der Waals surface area contributed by atoms with Crippen LogP contribution in [0.5, 0.6) is 0 Å². The van der Waals surface area contributed by atoms with Gasteiger partial charge in [-0.25, -0.2) is 4.79 Å². The highest BCUT2D eigenvalue weighted by Crippen LogP contribution is 2.32. The Hall–Kier alpha value is -2.91. The fourth-order valence-corrected chi connectivity index (χ4v) is 5.67. The Balaban J connectivity index is 1.64. The SMILES string of the molecule is COC(=O)c1c(C)[nH]c(C(=O)[C@@H](C)Sc2nnc([C@H](C)N3CCCCC3)n2-c2ccccc2)c1C. The number of carbonyl (C=O) groups is 2. The van der Waals surface area contributed by atoms with E-state index in [9.17, 15) is 9.59 Å². The minimum Gasteiger partial charge on any atom is -0.465 e. The summed E-state index contributed by atoms with van der Waals surface area (Å²) in [4.78, 5) is 31.1. The van der Waals surface area contributed by atoms with Gasteiger partial charge in [0.05, 0.1) is 29.7 Å². The Morgan fingerprint density at radius 2 is 1.74 bits per heavy atom. The zero-order valence-electron chi connectivity index (χ0n) is 21.0. The van der Waals surface area contributed by atoms with E-state index in [2.05, 4.69) is 31.6 Å². The van der Waals surface area contributed by atoms with Crippen LogP contribution in [-0.2, 0) is 4.74 Å². The predicted molar refractivity (Wildman–Crippen MR) is 136 cm³/mol. The van der Waals surface area contributed by atoms with Crippen LogP contribution in [0.25, 0.3) is 5.69 Å². The Kier molecular flexibility index (Phi) is 7.76. The molecule has 0 aliphatic carbocycles. The number of nitrogens with one attached hydrogen (secondary N) is 1. The molecule has 0 spiro atoms. The largest absolute Gasteiger partial charge is 0.465 e. The summed E-state index contributed by atoms with van der Waals surface area (Å²) in [6, 6.07) is 10.1. The molecule has 1 aromatic carbocycles. The molecule has 1 aliphatic rings. The first kappa shape index (κ1) is 25.2. The second-order valence-corrected chi connectivity index (χ2v) is 10.3. The molecule has 3 heterocycles. The minimum absolute atomic E-state index is 0.0982. The summed E-state index contributed by atoms with van der Waals surface area (Å²) in [5.74, 6) is 0.329. The number of methoxy groups -OCH3 is 1. The number of para-hydroxylation sites is 1. The third-order valence-corrected chi connectivity index (χ3v) is 7.75. The molecule has 1 aliphatic heterocycles. The molecule has 8 nitrogen and oxygen atoms in total. The van der Waals surface area contributed by atoms with Crippen LogP contribution in [0.3, 0.4) is 0 Å². The summed E-state index contributed by atoms with van der Waals surface area (Å²) >= 11 is 1.38. The molecule has 9 heteroatoms. The van der Waals surface area contributed by atoms with Gasteiger partial charge in [0, 0.05) is 11.4 Å². The number of ether oxygens (including phenoxy) is 1. The third kappa shape index (κ3) is 5.06. The van der Waals surface area contributed by atoms with E-state index in [4.69, 9.17) is 4.74 Å². The molecule has 2 atom stereocenters.